The Kier molecular flexibility index (Phi) is 5.75. The Morgan fingerprint density at radius 1 is 1.23 bits per heavy atom. The number of halogens is 2. The first-order valence-corrected chi connectivity index (χ1v) is 10.00. The summed E-state index contributed by atoms with van der Waals surface area (Å²) in [4.78, 5) is 38.9. The minimum absolute atomic E-state index is 0.0900. The van der Waals surface area contributed by atoms with Crippen molar-refractivity contribution in [2.75, 3.05) is 25.6 Å². The maximum Gasteiger partial charge on any atom is 0.338 e. The second-order valence-electron chi connectivity index (χ2n) is 6.85. The summed E-state index contributed by atoms with van der Waals surface area (Å²) in [5, 5.41) is 6.31. The molecule has 1 atom stereocenters. The summed E-state index contributed by atoms with van der Waals surface area (Å²) in [6.45, 7) is -0.397. The van der Waals surface area contributed by atoms with Crippen LogP contribution in [0.4, 0.5) is 10.5 Å². The fourth-order valence-corrected chi connectivity index (χ4v) is 3.86. The molecule has 2 aromatic rings. The average molecular weight is 462 g/mol. The number of benzene rings is 2. The SMILES string of the molecule is COc1ccc(NC(=O)CN2C(=O)N[C@H](c3ccc(Cl)cc3)C3=C2COC3=O)cc1Cl. The number of nitrogens with zero attached hydrogens (tertiary/aromatic N) is 1. The molecular formula is C21H17Cl2N3O5. The second kappa shape index (κ2) is 8.49. The van der Waals surface area contributed by atoms with Gasteiger partial charge >= 0.3 is 12.0 Å². The van der Waals surface area contributed by atoms with E-state index in [1.54, 1.807) is 36.4 Å². The zero-order valence-corrected chi connectivity index (χ0v) is 17.8. The van der Waals surface area contributed by atoms with Gasteiger partial charge in [0.2, 0.25) is 5.91 Å². The molecule has 4 rings (SSSR count). The number of carbonyl (C=O) groups is 3. The van der Waals surface area contributed by atoms with Crippen molar-refractivity contribution in [2.24, 2.45) is 0 Å². The van der Waals surface area contributed by atoms with E-state index in [2.05, 4.69) is 10.6 Å². The quantitative estimate of drug-likeness (QED) is 0.663. The van der Waals surface area contributed by atoms with Gasteiger partial charge in [0.15, 0.2) is 0 Å². The van der Waals surface area contributed by atoms with Gasteiger partial charge in [-0.25, -0.2) is 9.59 Å². The van der Waals surface area contributed by atoms with Crippen LogP contribution in [0.3, 0.4) is 0 Å². The van der Waals surface area contributed by atoms with Crippen LogP contribution in [0.2, 0.25) is 10.0 Å². The molecule has 2 aromatic carbocycles. The molecule has 0 aliphatic carbocycles. The van der Waals surface area contributed by atoms with Crippen molar-refractivity contribution in [3.05, 3.63) is 69.3 Å². The molecule has 0 aromatic heterocycles. The highest BCUT2D eigenvalue weighted by Gasteiger charge is 2.42. The van der Waals surface area contributed by atoms with Crippen molar-refractivity contribution >= 4 is 46.8 Å². The summed E-state index contributed by atoms with van der Waals surface area (Å²) in [7, 11) is 1.49. The number of methoxy groups -OCH3 is 1. The van der Waals surface area contributed by atoms with Crippen molar-refractivity contribution in [1.82, 2.24) is 10.2 Å². The molecule has 0 unspecified atom stereocenters. The van der Waals surface area contributed by atoms with Gasteiger partial charge in [-0.05, 0) is 35.9 Å². The van der Waals surface area contributed by atoms with Gasteiger partial charge in [0, 0.05) is 10.7 Å². The molecule has 0 saturated carbocycles. The van der Waals surface area contributed by atoms with Gasteiger partial charge in [0.1, 0.15) is 18.9 Å². The highest BCUT2D eigenvalue weighted by molar-refractivity contribution is 6.32. The topological polar surface area (TPSA) is 97.0 Å². The van der Waals surface area contributed by atoms with E-state index < -0.39 is 23.9 Å². The number of esters is 1. The summed E-state index contributed by atoms with van der Waals surface area (Å²) in [6.07, 6.45) is 0. The maximum atomic E-state index is 12.8. The Bertz CT molecular complexity index is 1100. The van der Waals surface area contributed by atoms with Gasteiger partial charge in [-0.3, -0.25) is 9.69 Å². The van der Waals surface area contributed by atoms with Crippen LogP contribution in [0.5, 0.6) is 5.75 Å². The Morgan fingerprint density at radius 2 is 1.97 bits per heavy atom. The molecule has 0 radical (unpaired) electrons. The molecule has 2 heterocycles. The normalized spacial score (nSPS) is 17.8. The first-order chi connectivity index (χ1) is 14.9. The van der Waals surface area contributed by atoms with Gasteiger partial charge in [0.05, 0.1) is 29.4 Å². The number of hydrogen-bond acceptors (Lipinski definition) is 5. The number of carbonyl (C=O) groups excluding carboxylic acids is 3. The van der Waals surface area contributed by atoms with E-state index in [1.807, 2.05) is 0 Å². The van der Waals surface area contributed by atoms with Gasteiger partial charge in [-0.1, -0.05) is 35.3 Å². The second-order valence-corrected chi connectivity index (χ2v) is 7.70. The lowest BCUT2D eigenvalue weighted by molar-refractivity contribution is -0.136. The number of cyclic esters (lactones) is 1. The van der Waals surface area contributed by atoms with Gasteiger partial charge < -0.3 is 20.1 Å². The standard InChI is InChI=1S/C21H17Cl2N3O5/c1-30-16-7-6-13(8-14(16)23)24-17(27)9-26-15-10-31-20(28)18(15)19(25-21(26)29)11-2-4-12(22)5-3-11/h2-8,19H,9-10H2,1H3,(H,24,27)(H,25,29)/t19-/m1/s1. The first kappa shape index (κ1) is 21.0. The molecule has 8 nitrogen and oxygen atoms in total. The first-order valence-electron chi connectivity index (χ1n) is 9.24. The molecule has 2 N–H and O–H groups in total. The average Bonchev–Trinajstić information content (AvgIpc) is 3.12. The molecule has 0 spiro atoms. The fourth-order valence-electron chi connectivity index (χ4n) is 3.47. The zero-order chi connectivity index (χ0) is 22.1. The largest absolute Gasteiger partial charge is 0.495 e. The lowest BCUT2D eigenvalue weighted by Crippen LogP contribution is -2.49. The molecular weight excluding hydrogens is 445 g/mol. The number of amides is 3. The van der Waals surface area contributed by atoms with Crippen molar-refractivity contribution in [3.63, 3.8) is 0 Å². The van der Waals surface area contributed by atoms with Crippen molar-refractivity contribution < 1.29 is 23.9 Å². The Balaban J connectivity index is 1.56. The van der Waals surface area contributed by atoms with Crippen LogP contribution in [0.25, 0.3) is 0 Å². The minimum atomic E-state index is -0.686. The predicted octanol–water partition coefficient (Wildman–Crippen LogP) is 3.52. The van der Waals surface area contributed by atoms with Gasteiger partial charge in [0.25, 0.3) is 0 Å². The fraction of sp³-hybridized carbons (Fsp3) is 0.190. The molecule has 2 aliphatic heterocycles. The number of urea groups is 1. The summed E-state index contributed by atoms with van der Waals surface area (Å²) >= 11 is 12.0. The van der Waals surface area contributed by atoms with Crippen LogP contribution < -0.4 is 15.4 Å². The lowest BCUT2D eigenvalue weighted by Gasteiger charge is -2.32. The van der Waals surface area contributed by atoms with Crippen molar-refractivity contribution in [1.29, 1.82) is 0 Å². The van der Waals surface area contributed by atoms with Crippen LogP contribution in [0, 0.1) is 0 Å². The van der Waals surface area contributed by atoms with Gasteiger partial charge in [-0.2, -0.15) is 0 Å². The van der Waals surface area contributed by atoms with Gasteiger partial charge in [-0.15, -0.1) is 0 Å². The number of hydrogen-bond donors (Lipinski definition) is 2. The minimum Gasteiger partial charge on any atom is -0.495 e. The highest BCUT2D eigenvalue weighted by atomic mass is 35.5. The summed E-state index contributed by atoms with van der Waals surface area (Å²) in [5.41, 5.74) is 1.78. The molecule has 2 aliphatic rings. The third-order valence-corrected chi connectivity index (χ3v) is 5.49. The van der Waals surface area contributed by atoms with E-state index in [0.29, 0.717) is 38.3 Å². The summed E-state index contributed by atoms with van der Waals surface area (Å²) in [5.74, 6) is -0.533. The smallest absolute Gasteiger partial charge is 0.338 e. The zero-order valence-electron chi connectivity index (χ0n) is 16.3. The molecule has 3 amide bonds. The molecule has 0 saturated heterocycles. The third-order valence-electron chi connectivity index (χ3n) is 4.94. The maximum absolute atomic E-state index is 12.8. The van der Waals surface area contributed by atoms with Crippen molar-refractivity contribution in [2.45, 2.75) is 6.04 Å². The van der Waals surface area contributed by atoms with Crippen molar-refractivity contribution in [3.8, 4) is 5.75 Å². The molecule has 0 bridgehead atoms. The summed E-state index contributed by atoms with van der Waals surface area (Å²) in [6, 6.07) is 10.4. The third kappa shape index (κ3) is 4.17. The van der Waals surface area contributed by atoms with E-state index in [4.69, 9.17) is 32.7 Å². The van der Waals surface area contributed by atoms with Crippen LogP contribution in [0.1, 0.15) is 11.6 Å². The Labute approximate surface area is 187 Å². The molecule has 10 heteroatoms. The Hall–Kier alpha value is -3.23. The predicted molar refractivity (Wildman–Crippen MR) is 114 cm³/mol. The molecule has 31 heavy (non-hydrogen) atoms. The highest BCUT2D eigenvalue weighted by Crippen LogP contribution is 2.35. The van der Waals surface area contributed by atoms with Crippen LogP contribution in [0.15, 0.2) is 53.7 Å². The number of rotatable bonds is 5. The van der Waals surface area contributed by atoms with E-state index in [9.17, 15) is 14.4 Å². The van der Waals surface area contributed by atoms with E-state index in [0.717, 1.165) is 0 Å². The van der Waals surface area contributed by atoms with E-state index >= 15 is 0 Å². The number of anilines is 1. The molecule has 160 valence electrons. The van der Waals surface area contributed by atoms with E-state index in [1.165, 1.54) is 18.1 Å². The summed E-state index contributed by atoms with van der Waals surface area (Å²) < 4.78 is 10.2. The van der Waals surface area contributed by atoms with E-state index in [-0.39, 0.29) is 13.2 Å². The monoisotopic (exact) mass is 461 g/mol. The lowest BCUT2D eigenvalue weighted by atomic mass is 9.96. The molecule has 0 fully saturated rings. The van der Waals surface area contributed by atoms with Crippen LogP contribution in [-0.2, 0) is 14.3 Å². The number of ether oxygens (including phenoxy) is 2. The van der Waals surface area contributed by atoms with Crippen LogP contribution in [-0.4, -0.2) is 43.1 Å². The Morgan fingerprint density at radius 3 is 2.65 bits per heavy atom. The van der Waals surface area contributed by atoms with Crippen LogP contribution >= 0.6 is 23.2 Å². The number of nitrogens with one attached hydrogen (secondary N) is 2.